The molecular formula is C22H25F2N3O3S. The van der Waals surface area contributed by atoms with E-state index in [2.05, 4.69) is 5.32 Å². The van der Waals surface area contributed by atoms with Gasteiger partial charge in [0.15, 0.2) is 0 Å². The fraction of sp³-hybridized carbons (Fsp3) is 0.409. The van der Waals surface area contributed by atoms with E-state index in [4.69, 9.17) is 0 Å². The highest BCUT2D eigenvalue weighted by Crippen LogP contribution is 2.27. The molecule has 6 nitrogen and oxygen atoms in total. The van der Waals surface area contributed by atoms with Gasteiger partial charge in [-0.3, -0.25) is 9.69 Å². The molecule has 31 heavy (non-hydrogen) atoms. The number of aryl methyl sites for hydroxylation is 2. The Balaban J connectivity index is 1.38. The van der Waals surface area contributed by atoms with Crippen LogP contribution in [0.4, 0.5) is 14.5 Å². The number of sulfonamides is 1. The minimum absolute atomic E-state index is 0.0870. The molecule has 1 amide bonds. The molecule has 4 rings (SSSR count). The number of amides is 1. The van der Waals surface area contributed by atoms with Crippen LogP contribution < -0.4 is 5.32 Å². The summed E-state index contributed by atoms with van der Waals surface area (Å²) in [5.41, 5.74) is 2.25. The molecule has 0 bridgehead atoms. The van der Waals surface area contributed by atoms with Crippen molar-refractivity contribution in [2.75, 3.05) is 31.5 Å². The first-order chi connectivity index (χ1) is 14.8. The first-order valence-corrected chi connectivity index (χ1v) is 11.8. The molecule has 1 aliphatic carbocycles. The van der Waals surface area contributed by atoms with E-state index in [1.165, 1.54) is 15.9 Å². The molecular weight excluding hydrogens is 424 g/mol. The number of halogens is 2. The minimum Gasteiger partial charge on any atom is -0.322 e. The number of carbonyl (C=O) groups excluding carboxylic acids is 1. The highest BCUT2D eigenvalue weighted by molar-refractivity contribution is 7.89. The summed E-state index contributed by atoms with van der Waals surface area (Å²) in [5, 5.41) is 2.47. The van der Waals surface area contributed by atoms with Gasteiger partial charge in [0.2, 0.25) is 15.9 Å². The van der Waals surface area contributed by atoms with Gasteiger partial charge in [0, 0.05) is 32.2 Å². The number of hydrogen-bond donors (Lipinski definition) is 1. The molecule has 1 aliphatic heterocycles. The number of fused-ring (bicyclic) bond motifs is 1. The van der Waals surface area contributed by atoms with Gasteiger partial charge >= 0.3 is 0 Å². The van der Waals surface area contributed by atoms with Crippen molar-refractivity contribution in [2.45, 2.75) is 37.1 Å². The van der Waals surface area contributed by atoms with Crippen LogP contribution in [0.1, 0.15) is 24.5 Å². The maximum Gasteiger partial charge on any atom is 0.243 e. The number of rotatable bonds is 5. The molecule has 9 heteroatoms. The predicted molar refractivity (Wildman–Crippen MR) is 113 cm³/mol. The minimum atomic E-state index is -3.59. The van der Waals surface area contributed by atoms with Crippen molar-refractivity contribution in [3.05, 3.63) is 59.2 Å². The molecule has 1 saturated heterocycles. The number of anilines is 1. The molecule has 0 radical (unpaired) electrons. The van der Waals surface area contributed by atoms with Gasteiger partial charge in [-0.2, -0.15) is 4.31 Å². The standard InChI is InChI=1S/C22H25F2N3O3S/c1-15(22(28)25-21-8-6-18(23)14-20(21)24)26-9-11-27(12-10-26)31(29,30)19-7-5-16-3-2-4-17(16)13-19/h5-8,13-15H,2-4,9-12H2,1H3,(H,25,28). The van der Waals surface area contributed by atoms with E-state index in [9.17, 15) is 22.0 Å². The number of benzene rings is 2. The number of nitrogens with one attached hydrogen (secondary N) is 1. The van der Waals surface area contributed by atoms with Crippen molar-refractivity contribution in [1.82, 2.24) is 9.21 Å². The summed E-state index contributed by atoms with van der Waals surface area (Å²) < 4.78 is 54.4. The van der Waals surface area contributed by atoms with Crippen LogP contribution in [0.5, 0.6) is 0 Å². The third kappa shape index (κ3) is 4.49. The molecule has 1 heterocycles. The third-order valence-electron chi connectivity index (χ3n) is 6.10. The summed E-state index contributed by atoms with van der Waals surface area (Å²) in [5.74, 6) is -1.99. The first-order valence-electron chi connectivity index (χ1n) is 10.4. The van der Waals surface area contributed by atoms with E-state index in [-0.39, 0.29) is 18.8 Å². The van der Waals surface area contributed by atoms with Gasteiger partial charge in [-0.1, -0.05) is 6.07 Å². The highest BCUT2D eigenvalue weighted by atomic mass is 32.2. The smallest absolute Gasteiger partial charge is 0.243 e. The third-order valence-corrected chi connectivity index (χ3v) is 7.99. The Bertz CT molecular complexity index is 1100. The molecule has 1 unspecified atom stereocenters. The lowest BCUT2D eigenvalue weighted by Gasteiger charge is -2.36. The molecule has 0 spiro atoms. The number of carbonyl (C=O) groups is 1. The van der Waals surface area contributed by atoms with E-state index in [1.807, 2.05) is 11.0 Å². The molecule has 2 aromatic carbocycles. The van der Waals surface area contributed by atoms with Crippen LogP contribution in [0.15, 0.2) is 41.3 Å². The van der Waals surface area contributed by atoms with Crippen LogP contribution in [0.2, 0.25) is 0 Å². The second-order valence-electron chi connectivity index (χ2n) is 8.01. The summed E-state index contributed by atoms with van der Waals surface area (Å²) >= 11 is 0. The monoisotopic (exact) mass is 449 g/mol. The number of piperazine rings is 1. The van der Waals surface area contributed by atoms with Crippen LogP contribution in [-0.2, 0) is 27.7 Å². The van der Waals surface area contributed by atoms with Crippen molar-refractivity contribution < 1.29 is 22.0 Å². The summed E-state index contributed by atoms with van der Waals surface area (Å²) in [4.78, 5) is 14.7. The van der Waals surface area contributed by atoms with Crippen LogP contribution in [-0.4, -0.2) is 55.8 Å². The second kappa shape index (κ2) is 8.64. The van der Waals surface area contributed by atoms with Crippen molar-refractivity contribution in [3.8, 4) is 0 Å². The maximum atomic E-state index is 13.8. The molecule has 166 valence electrons. The van der Waals surface area contributed by atoms with Gasteiger partial charge in [-0.05, 0) is 61.6 Å². The van der Waals surface area contributed by atoms with Crippen LogP contribution in [0, 0.1) is 11.6 Å². The Morgan fingerprint density at radius 3 is 2.42 bits per heavy atom. The predicted octanol–water partition coefficient (Wildman–Crippen LogP) is 2.79. The highest BCUT2D eigenvalue weighted by Gasteiger charge is 2.32. The van der Waals surface area contributed by atoms with Crippen LogP contribution in [0.25, 0.3) is 0 Å². The first kappa shape index (κ1) is 21.9. The lowest BCUT2D eigenvalue weighted by Crippen LogP contribution is -2.53. The average Bonchev–Trinajstić information content (AvgIpc) is 3.23. The number of hydrogen-bond acceptors (Lipinski definition) is 4. The summed E-state index contributed by atoms with van der Waals surface area (Å²) in [6.07, 6.45) is 2.96. The lowest BCUT2D eigenvalue weighted by molar-refractivity contribution is -0.121. The molecule has 2 aromatic rings. The summed E-state index contributed by atoms with van der Waals surface area (Å²) in [6.45, 7) is 2.97. The van der Waals surface area contributed by atoms with E-state index in [1.54, 1.807) is 19.1 Å². The van der Waals surface area contributed by atoms with Gasteiger partial charge in [0.25, 0.3) is 0 Å². The average molecular weight is 450 g/mol. The fourth-order valence-corrected chi connectivity index (χ4v) is 5.66. The molecule has 0 saturated carbocycles. The van der Waals surface area contributed by atoms with Crippen molar-refractivity contribution in [1.29, 1.82) is 0 Å². The largest absolute Gasteiger partial charge is 0.322 e. The molecule has 0 aromatic heterocycles. The Labute approximate surface area is 180 Å². The van der Waals surface area contributed by atoms with Crippen molar-refractivity contribution in [3.63, 3.8) is 0 Å². The van der Waals surface area contributed by atoms with Crippen molar-refractivity contribution in [2.24, 2.45) is 0 Å². The van der Waals surface area contributed by atoms with Crippen LogP contribution >= 0.6 is 0 Å². The van der Waals surface area contributed by atoms with E-state index in [0.717, 1.165) is 30.9 Å². The normalized spacial score (nSPS) is 18.5. The maximum absolute atomic E-state index is 13.8. The van der Waals surface area contributed by atoms with E-state index in [0.29, 0.717) is 24.1 Å². The zero-order valence-corrected chi connectivity index (χ0v) is 18.1. The van der Waals surface area contributed by atoms with Gasteiger partial charge < -0.3 is 5.32 Å². The fourth-order valence-electron chi connectivity index (χ4n) is 4.18. The summed E-state index contributed by atoms with van der Waals surface area (Å²) in [6, 6.07) is 7.75. The van der Waals surface area contributed by atoms with Gasteiger partial charge in [-0.25, -0.2) is 17.2 Å². The van der Waals surface area contributed by atoms with E-state index < -0.39 is 33.6 Å². The quantitative estimate of drug-likeness (QED) is 0.762. The van der Waals surface area contributed by atoms with Gasteiger partial charge in [-0.15, -0.1) is 0 Å². The van der Waals surface area contributed by atoms with Crippen molar-refractivity contribution >= 4 is 21.6 Å². The topological polar surface area (TPSA) is 69.7 Å². The van der Waals surface area contributed by atoms with Gasteiger partial charge in [0.1, 0.15) is 11.6 Å². The molecule has 1 N–H and O–H groups in total. The Morgan fingerprint density at radius 2 is 1.71 bits per heavy atom. The van der Waals surface area contributed by atoms with Crippen LogP contribution in [0.3, 0.4) is 0 Å². The lowest BCUT2D eigenvalue weighted by atomic mass is 10.1. The Morgan fingerprint density at radius 1 is 1.00 bits per heavy atom. The zero-order valence-electron chi connectivity index (χ0n) is 17.3. The molecule has 1 atom stereocenters. The second-order valence-corrected chi connectivity index (χ2v) is 9.95. The zero-order chi connectivity index (χ0) is 22.2. The van der Waals surface area contributed by atoms with Gasteiger partial charge in [0.05, 0.1) is 16.6 Å². The van der Waals surface area contributed by atoms with E-state index >= 15 is 0 Å². The Kier molecular flexibility index (Phi) is 6.09. The number of nitrogens with zero attached hydrogens (tertiary/aromatic N) is 2. The molecule has 1 fully saturated rings. The summed E-state index contributed by atoms with van der Waals surface area (Å²) in [7, 11) is -3.59. The molecule has 2 aliphatic rings. The Hall–Kier alpha value is -2.36. The SMILES string of the molecule is CC(C(=O)Nc1ccc(F)cc1F)N1CCN(S(=O)(=O)c2ccc3c(c2)CCC3)CC1.